The number of hydrogen-bond donors (Lipinski definition) is 0. The van der Waals surface area contributed by atoms with Gasteiger partial charge in [0.25, 0.3) is 0 Å². The fourth-order valence-electron chi connectivity index (χ4n) is 9.79. The van der Waals surface area contributed by atoms with Gasteiger partial charge in [-0.2, -0.15) is 0 Å². The van der Waals surface area contributed by atoms with Crippen molar-refractivity contribution in [2.45, 2.75) is 387 Å². The summed E-state index contributed by atoms with van der Waals surface area (Å²) < 4.78 is 10.8. The molecule has 0 aromatic rings. The van der Waals surface area contributed by atoms with Gasteiger partial charge in [0, 0.05) is 12.8 Å². The van der Waals surface area contributed by atoms with E-state index in [1.165, 1.54) is 308 Å². The molecule has 0 heterocycles. The smallest absolute Gasteiger partial charge is 0.305 e. The first kappa shape index (κ1) is 72.5. The number of carbonyl (C=O) groups excluding carboxylic acids is 2. The van der Waals surface area contributed by atoms with Gasteiger partial charge in [-0.1, -0.05) is 322 Å². The summed E-state index contributed by atoms with van der Waals surface area (Å²) in [6.45, 7) is 10.4. The van der Waals surface area contributed by atoms with Gasteiger partial charge in [0.1, 0.15) is 0 Å². The lowest BCUT2D eigenvalue weighted by molar-refractivity contribution is -0.144. The highest BCUT2D eigenvalue weighted by atomic mass is 16.5. The van der Waals surface area contributed by atoms with E-state index < -0.39 is 0 Å². The topological polar surface area (TPSA) is 52.6 Å². The molecule has 0 fully saturated rings. The Hall–Kier alpha value is -1.58. The van der Waals surface area contributed by atoms with Crippen molar-refractivity contribution in [1.29, 1.82) is 0 Å². The van der Waals surface area contributed by atoms with Crippen LogP contribution in [0.25, 0.3) is 0 Å². The van der Waals surface area contributed by atoms with Crippen LogP contribution in [0.15, 0.2) is 24.3 Å². The average molecular weight is 1010 g/mol. The van der Waals surface area contributed by atoms with Gasteiger partial charge < -0.3 is 9.47 Å². The third-order valence-electron chi connectivity index (χ3n) is 14.8. The molecule has 0 spiro atoms. The van der Waals surface area contributed by atoms with Crippen LogP contribution in [-0.2, 0) is 19.1 Å². The van der Waals surface area contributed by atoms with E-state index in [2.05, 4.69) is 52.0 Å². The van der Waals surface area contributed by atoms with Crippen molar-refractivity contribution in [1.82, 2.24) is 0 Å². The lowest BCUT2D eigenvalue weighted by Crippen LogP contribution is -2.05. The first-order valence-corrected chi connectivity index (χ1v) is 33.2. The predicted molar refractivity (Wildman–Crippen MR) is 321 cm³/mol. The number of unbranched alkanes of at least 4 members (excludes halogenated alkanes) is 48. The fourth-order valence-corrected chi connectivity index (χ4v) is 9.79. The minimum atomic E-state index is 0.0160. The summed E-state index contributed by atoms with van der Waals surface area (Å²) in [7, 11) is 0. The molecule has 72 heavy (non-hydrogen) atoms. The third-order valence-corrected chi connectivity index (χ3v) is 14.8. The Kier molecular flexibility index (Phi) is 69.9. The van der Waals surface area contributed by atoms with Crippen LogP contribution in [0.5, 0.6) is 0 Å². The molecule has 4 heteroatoms. The second-order valence-corrected chi connectivity index (χ2v) is 22.3. The molecule has 0 aliphatic heterocycles. The number of ether oxygens (including phenoxy) is 2. The normalized spacial score (nSPS) is 11.5. The van der Waals surface area contributed by atoms with Gasteiger partial charge in [-0.15, -0.1) is 0 Å². The minimum absolute atomic E-state index is 0.0160. The summed E-state index contributed by atoms with van der Waals surface area (Å²) in [5.41, 5.74) is 0. The second-order valence-electron chi connectivity index (χ2n) is 22.3. The van der Waals surface area contributed by atoms with E-state index in [-0.39, 0.29) is 11.9 Å². The summed E-state index contributed by atoms with van der Waals surface area (Å²) in [6, 6.07) is 0. The molecule has 0 unspecified atom stereocenters. The Morgan fingerprint density at radius 1 is 0.222 bits per heavy atom. The van der Waals surface area contributed by atoms with E-state index in [4.69, 9.17) is 9.47 Å². The molecule has 0 saturated carbocycles. The molecule has 428 valence electrons. The van der Waals surface area contributed by atoms with Crippen molar-refractivity contribution in [3.8, 4) is 0 Å². The van der Waals surface area contributed by atoms with E-state index in [0.29, 0.717) is 26.1 Å². The summed E-state index contributed by atoms with van der Waals surface area (Å²) >= 11 is 0. The first-order chi connectivity index (χ1) is 35.6. The van der Waals surface area contributed by atoms with Crippen LogP contribution >= 0.6 is 0 Å². The lowest BCUT2D eigenvalue weighted by atomic mass is 10.0. The van der Waals surface area contributed by atoms with Crippen molar-refractivity contribution in [2.24, 2.45) is 0 Å². The maximum absolute atomic E-state index is 11.9. The maximum atomic E-state index is 11.9. The van der Waals surface area contributed by atoms with Gasteiger partial charge in [-0.05, 0) is 77.0 Å². The van der Waals surface area contributed by atoms with E-state index in [9.17, 15) is 9.59 Å². The van der Waals surface area contributed by atoms with Crippen molar-refractivity contribution < 1.29 is 19.1 Å². The molecule has 0 amide bonds. The van der Waals surface area contributed by atoms with Crippen molar-refractivity contribution in [2.75, 3.05) is 13.2 Å². The number of esters is 2. The quantitative estimate of drug-likeness (QED) is 0.0346. The Morgan fingerprint density at radius 2 is 0.389 bits per heavy atom. The summed E-state index contributed by atoms with van der Waals surface area (Å²) in [4.78, 5) is 23.8. The average Bonchev–Trinajstić information content (AvgIpc) is 3.38. The Balaban J connectivity index is 0. The highest BCUT2D eigenvalue weighted by Crippen LogP contribution is 2.17. The molecule has 0 rings (SSSR count). The molecule has 0 aliphatic rings. The van der Waals surface area contributed by atoms with Crippen LogP contribution in [0.3, 0.4) is 0 Å². The van der Waals surface area contributed by atoms with E-state index in [0.717, 1.165) is 38.5 Å². The monoisotopic (exact) mass is 1010 g/mol. The Morgan fingerprint density at radius 3 is 0.597 bits per heavy atom. The number of allylic oxidation sites excluding steroid dienone is 4. The SMILES string of the molecule is CCCCCCCC/C=C\CCCCCCCC(=O)OCCCCCCCCCCCCCCCC.CCCCCCCC/C=C\CCCCCCCC(=O)OCCCCCCCCCCCCCCCC. The standard InChI is InChI=1S/2C34H66O2/c2*1-3-5-7-9-11-13-15-17-19-20-22-24-26-28-30-32-34(35)36-33-31-29-27-25-23-21-18-16-14-12-10-8-6-4-2/h2*17,19H,3-16,18,20-33H2,1-2H3/b2*19-17-. The highest BCUT2D eigenvalue weighted by molar-refractivity contribution is 5.69. The molecule has 0 aliphatic carbocycles. The van der Waals surface area contributed by atoms with E-state index in [1.54, 1.807) is 0 Å². The second kappa shape index (κ2) is 69.4. The van der Waals surface area contributed by atoms with Crippen LogP contribution in [0.2, 0.25) is 0 Å². The van der Waals surface area contributed by atoms with Gasteiger partial charge in [0.2, 0.25) is 0 Å². The van der Waals surface area contributed by atoms with Gasteiger partial charge in [-0.3, -0.25) is 9.59 Å². The molecule has 0 radical (unpaired) electrons. The molecule has 0 saturated heterocycles. The molecule has 0 aromatic carbocycles. The zero-order chi connectivity index (χ0) is 52.4. The van der Waals surface area contributed by atoms with Crippen LogP contribution in [0, 0.1) is 0 Å². The lowest BCUT2D eigenvalue weighted by Gasteiger charge is -2.05. The Labute approximate surface area is 453 Å². The molecular formula is C68H132O4. The largest absolute Gasteiger partial charge is 0.466 e. The molecule has 0 bridgehead atoms. The Bertz CT molecular complexity index is 967. The van der Waals surface area contributed by atoms with Gasteiger partial charge in [0.15, 0.2) is 0 Å². The van der Waals surface area contributed by atoms with E-state index in [1.807, 2.05) is 0 Å². The zero-order valence-corrected chi connectivity index (χ0v) is 50.0. The predicted octanol–water partition coefficient (Wildman–Crippen LogP) is 24.1. The van der Waals surface area contributed by atoms with Crippen molar-refractivity contribution in [3.63, 3.8) is 0 Å². The minimum Gasteiger partial charge on any atom is -0.466 e. The summed E-state index contributed by atoms with van der Waals surface area (Å²) in [6.07, 6.45) is 82.3. The fraction of sp³-hybridized carbons (Fsp3) is 0.912. The highest BCUT2D eigenvalue weighted by Gasteiger charge is 2.04. The van der Waals surface area contributed by atoms with Crippen molar-refractivity contribution >= 4 is 11.9 Å². The molecule has 0 aromatic heterocycles. The van der Waals surface area contributed by atoms with Crippen LogP contribution in [0.4, 0.5) is 0 Å². The molecular weight excluding hydrogens is 881 g/mol. The first-order valence-electron chi connectivity index (χ1n) is 33.2. The number of rotatable bonds is 60. The number of hydrogen-bond acceptors (Lipinski definition) is 4. The third kappa shape index (κ3) is 70.5. The summed E-state index contributed by atoms with van der Waals surface area (Å²) in [5.74, 6) is 0.0321. The number of carbonyl (C=O) groups is 2. The van der Waals surface area contributed by atoms with Crippen LogP contribution in [0.1, 0.15) is 387 Å². The van der Waals surface area contributed by atoms with Crippen molar-refractivity contribution in [3.05, 3.63) is 24.3 Å². The van der Waals surface area contributed by atoms with Crippen LogP contribution in [-0.4, -0.2) is 25.2 Å². The maximum Gasteiger partial charge on any atom is 0.305 e. The zero-order valence-electron chi connectivity index (χ0n) is 50.0. The van der Waals surface area contributed by atoms with Gasteiger partial charge in [-0.25, -0.2) is 0 Å². The van der Waals surface area contributed by atoms with E-state index >= 15 is 0 Å². The molecule has 0 N–H and O–H groups in total. The van der Waals surface area contributed by atoms with Gasteiger partial charge in [0.05, 0.1) is 13.2 Å². The molecule has 0 atom stereocenters. The molecule has 4 nitrogen and oxygen atoms in total. The van der Waals surface area contributed by atoms with Crippen LogP contribution < -0.4 is 0 Å². The summed E-state index contributed by atoms with van der Waals surface area (Å²) in [5, 5.41) is 0. The van der Waals surface area contributed by atoms with Gasteiger partial charge >= 0.3 is 11.9 Å².